The molecule has 1 aromatic heterocycles. The zero-order valence-corrected chi connectivity index (χ0v) is 12.0. The third-order valence-electron chi connectivity index (χ3n) is 2.85. The van der Waals surface area contributed by atoms with Gasteiger partial charge >= 0.3 is 5.91 Å². The highest BCUT2D eigenvalue weighted by atomic mass is 35.5. The standard InChI is InChI=1S/C14H15ClN2O3/c1-8-3-4-12(11(15)5-8)19-7-10-6-13(14(18)17-16)20-9(10)2/h3-6H,7,16H2,1-2H3,(H,17,18). The van der Waals surface area contributed by atoms with Gasteiger partial charge in [0.05, 0.1) is 5.02 Å². The lowest BCUT2D eigenvalue weighted by Crippen LogP contribution is -2.29. The molecule has 0 bridgehead atoms. The molecule has 2 aromatic rings. The third kappa shape index (κ3) is 3.12. The summed E-state index contributed by atoms with van der Waals surface area (Å²) in [6.07, 6.45) is 0. The smallest absolute Gasteiger partial charge is 0.300 e. The van der Waals surface area contributed by atoms with Crippen molar-refractivity contribution in [2.24, 2.45) is 5.84 Å². The van der Waals surface area contributed by atoms with Crippen LogP contribution in [-0.4, -0.2) is 5.91 Å². The fraction of sp³-hybridized carbons (Fsp3) is 0.214. The van der Waals surface area contributed by atoms with Crippen LogP contribution in [-0.2, 0) is 6.61 Å². The Balaban J connectivity index is 2.11. The normalized spacial score (nSPS) is 10.4. The fourth-order valence-corrected chi connectivity index (χ4v) is 2.01. The highest BCUT2D eigenvalue weighted by Gasteiger charge is 2.14. The van der Waals surface area contributed by atoms with E-state index in [-0.39, 0.29) is 12.4 Å². The topological polar surface area (TPSA) is 77.5 Å². The summed E-state index contributed by atoms with van der Waals surface area (Å²) < 4.78 is 10.9. The molecule has 0 aliphatic heterocycles. The van der Waals surface area contributed by atoms with Crippen molar-refractivity contribution in [3.05, 3.63) is 51.9 Å². The number of furan rings is 1. The molecule has 1 amide bonds. The molecule has 1 heterocycles. The molecule has 0 unspecified atom stereocenters. The third-order valence-corrected chi connectivity index (χ3v) is 3.14. The van der Waals surface area contributed by atoms with E-state index in [9.17, 15) is 4.79 Å². The Bertz CT molecular complexity index is 637. The van der Waals surface area contributed by atoms with Crippen LogP contribution in [0.15, 0.2) is 28.7 Å². The van der Waals surface area contributed by atoms with E-state index in [4.69, 9.17) is 26.6 Å². The number of amides is 1. The van der Waals surface area contributed by atoms with Gasteiger partial charge in [-0.2, -0.15) is 0 Å². The molecule has 0 spiro atoms. The van der Waals surface area contributed by atoms with Crippen molar-refractivity contribution < 1.29 is 13.9 Å². The molecule has 2 rings (SSSR count). The number of benzene rings is 1. The van der Waals surface area contributed by atoms with Crippen LogP contribution >= 0.6 is 11.6 Å². The Morgan fingerprint density at radius 3 is 2.80 bits per heavy atom. The number of aryl methyl sites for hydroxylation is 2. The number of rotatable bonds is 4. The van der Waals surface area contributed by atoms with Crippen LogP contribution in [0.5, 0.6) is 5.75 Å². The number of nitrogens with one attached hydrogen (secondary N) is 1. The van der Waals surface area contributed by atoms with Crippen LogP contribution in [0.3, 0.4) is 0 Å². The van der Waals surface area contributed by atoms with E-state index in [0.29, 0.717) is 16.5 Å². The van der Waals surface area contributed by atoms with Crippen molar-refractivity contribution in [3.8, 4) is 5.75 Å². The van der Waals surface area contributed by atoms with Gasteiger partial charge in [0.1, 0.15) is 18.1 Å². The van der Waals surface area contributed by atoms with Gasteiger partial charge in [-0.25, -0.2) is 5.84 Å². The minimum Gasteiger partial charge on any atom is -0.487 e. The SMILES string of the molecule is Cc1ccc(OCc2cc(C(=O)NN)oc2C)c(Cl)c1. The molecule has 0 saturated heterocycles. The van der Waals surface area contributed by atoms with Crippen LogP contribution in [0.2, 0.25) is 5.02 Å². The second-order valence-corrected chi connectivity index (χ2v) is 4.80. The predicted molar refractivity (Wildman–Crippen MR) is 75.6 cm³/mol. The number of halogens is 1. The molecule has 106 valence electrons. The quantitative estimate of drug-likeness (QED) is 0.516. The molecule has 1 aromatic carbocycles. The van der Waals surface area contributed by atoms with Gasteiger partial charge in [0.15, 0.2) is 5.76 Å². The van der Waals surface area contributed by atoms with Gasteiger partial charge < -0.3 is 9.15 Å². The lowest BCUT2D eigenvalue weighted by Gasteiger charge is -2.07. The molecule has 0 fully saturated rings. The first kappa shape index (κ1) is 14.4. The van der Waals surface area contributed by atoms with Gasteiger partial charge in [0, 0.05) is 5.56 Å². The number of hydrogen-bond donors (Lipinski definition) is 2. The minimum atomic E-state index is -0.479. The zero-order chi connectivity index (χ0) is 14.7. The lowest BCUT2D eigenvalue weighted by atomic mass is 10.2. The monoisotopic (exact) mass is 294 g/mol. The lowest BCUT2D eigenvalue weighted by molar-refractivity contribution is 0.0924. The molecule has 6 heteroatoms. The summed E-state index contributed by atoms with van der Waals surface area (Å²) in [7, 11) is 0. The Labute approximate surface area is 121 Å². The highest BCUT2D eigenvalue weighted by molar-refractivity contribution is 6.32. The maximum atomic E-state index is 11.4. The largest absolute Gasteiger partial charge is 0.487 e. The molecule has 3 N–H and O–H groups in total. The van der Waals surface area contributed by atoms with Gasteiger partial charge in [-0.05, 0) is 37.6 Å². The summed E-state index contributed by atoms with van der Waals surface area (Å²) in [6.45, 7) is 3.96. The first-order valence-corrected chi connectivity index (χ1v) is 6.38. The van der Waals surface area contributed by atoms with Crippen LogP contribution in [0, 0.1) is 13.8 Å². The summed E-state index contributed by atoms with van der Waals surface area (Å²) >= 11 is 6.08. The van der Waals surface area contributed by atoms with Crippen molar-refractivity contribution in [2.75, 3.05) is 0 Å². The summed E-state index contributed by atoms with van der Waals surface area (Å²) in [5.74, 6) is 5.92. The van der Waals surface area contributed by atoms with Crippen molar-refractivity contribution in [3.63, 3.8) is 0 Å². The van der Waals surface area contributed by atoms with Gasteiger partial charge in [-0.3, -0.25) is 10.2 Å². The van der Waals surface area contributed by atoms with Gasteiger partial charge in [0.2, 0.25) is 0 Å². The number of hydrogen-bond acceptors (Lipinski definition) is 4. The average Bonchev–Trinajstić information content (AvgIpc) is 2.78. The van der Waals surface area contributed by atoms with Crippen LogP contribution < -0.4 is 16.0 Å². The van der Waals surface area contributed by atoms with E-state index < -0.39 is 5.91 Å². The van der Waals surface area contributed by atoms with Crippen LogP contribution in [0.1, 0.15) is 27.4 Å². The minimum absolute atomic E-state index is 0.151. The molecule has 20 heavy (non-hydrogen) atoms. The number of nitrogen functional groups attached to an aromatic ring is 1. The van der Waals surface area contributed by atoms with E-state index in [0.717, 1.165) is 11.1 Å². The van der Waals surface area contributed by atoms with Crippen molar-refractivity contribution in [1.29, 1.82) is 0 Å². The summed E-state index contributed by atoms with van der Waals surface area (Å²) in [5.41, 5.74) is 3.84. The molecule has 0 aliphatic rings. The Morgan fingerprint density at radius 2 is 2.15 bits per heavy atom. The van der Waals surface area contributed by atoms with E-state index in [1.165, 1.54) is 0 Å². The van der Waals surface area contributed by atoms with E-state index >= 15 is 0 Å². The number of ether oxygens (including phenoxy) is 1. The van der Waals surface area contributed by atoms with Crippen molar-refractivity contribution in [1.82, 2.24) is 5.43 Å². The number of hydrazine groups is 1. The van der Waals surface area contributed by atoms with Gasteiger partial charge in [-0.15, -0.1) is 0 Å². The van der Waals surface area contributed by atoms with Gasteiger partial charge in [-0.1, -0.05) is 17.7 Å². The molecular formula is C14H15ClN2O3. The summed E-state index contributed by atoms with van der Waals surface area (Å²) in [6, 6.07) is 7.14. The number of nitrogens with two attached hydrogens (primary N) is 1. The van der Waals surface area contributed by atoms with E-state index in [2.05, 4.69) is 0 Å². The summed E-state index contributed by atoms with van der Waals surface area (Å²) in [5, 5.41) is 0.547. The molecule has 0 atom stereocenters. The fourth-order valence-electron chi connectivity index (χ4n) is 1.72. The molecule has 5 nitrogen and oxygen atoms in total. The van der Waals surface area contributed by atoms with Crippen molar-refractivity contribution >= 4 is 17.5 Å². The molecule has 0 radical (unpaired) electrons. The summed E-state index contributed by atoms with van der Waals surface area (Å²) in [4.78, 5) is 11.4. The van der Waals surface area contributed by atoms with E-state index in [1.807, 2.05) is 24.5 Å². The number of carbonyl (C=O) groups is 1. The van der Waals surface area contributed by atoms with Crippen LogP contribution in [0.4, 0.5) is 0 Å². The second kappa shape index (κ2) is 5.98. The Hall–Kier alpha value is -1.98. The maximum Gasteiger partial charge on any atom is 0.300 e. The second-order valence-electron chi connectivity index (χ2n) is 4.39. The molecule has 0 saturated carbocycles. The average molecular weight is 295 g/mol. The van der Waals surface area contributed by atoms with Gasteiger partial charge in [0.25, 0.3) is 0 Å². The predicted octanol–water partition coefficient (Wildman–Crippen LogP) is 2.73. The Kier molecular flexibility index (Phi) is 4.32. The molecular weight excluding hydrogens is 280 g/mol. The first-order chi connectivity index (χ1) is 9.51. The van der Waals surface area contributed by atoms with Crippen molar-refractivity contribution in [2.45, 2.75) is 20.5 Å². The van der Waals surface area contributed by atoms with Crippen LogP contribution in [0.25, 0.3) is 0 Å². The number of carbonyl (C=O) groups excluding carboxylic acids is 1. The van der Waals surface area contributed by atoms with E-state index in [1.54, 1.807) is 19.1 Å². The first-order valence-electron chi connectivity index (χ1n) is 6.00. The highest BCUT2D eigenvalue weighted by Crippen LogP contribution is 2.26. The zero-order valence-electron chi connectivity index (χ0n) is 11.2. The maximum absolute atomic E-state index is 11.4. The molecule has 0 aliphatic carbocycles. The Morgan fingerprint density at radius 1 is 1.40 bits per heavy atom.